The highest BCUT2D eigenvalue weighted by Gasteiger charge is 2.58. The summed E-state index contributed by atoms with van der Waals surface area (Å²) < 4.78 is 12.5. The number of aliphatic hydroxyl groups excluding tert-OH is 1. The number of ether oxygens (including phenoxy) is 2. The predicted molar refractivity (Wildman–Crippen MR) is 93.1 cm³/mol. The summed E-state index contributed by atoms with van der Waals surface area (Å²) in [5.74, 6) is -0.876. The number of β-amino-alcohol motifs (C(OH)–C–C–N with tert-alkyl or cyclic N) is 1. The first-order valence-corrected chi connectivity index (χ1v) is 10.2. The second-order valence-corrected chi connectivity index (χ2v) is 8.29. The lowest BCUT2D eigenvalue weighted by Gasteiger charge is -2.41. The van der Waals surface area contributed by atoms with Crippen LogP contribution in [0.3, 0.4) is 0 Å². The minimum absolute atomic E-state index is 0.104. The Morgan fingerprint density at radius 3 is 2.38 bits per heavy atom. The van der Waals surface area contributed by atoms with Crippen molar-refractivity contribution in [2.75, 3.05) is 6.54 Å². The van der Waals surface area contributed by atoms with Gasteiger partial charge in [-0.05, 0) is 25.7 Å². The molecule has 7 nitrogen and oxygen atoms in total. The van der Waals surface area contributed by atoms with E-state index in [1.54, 1.807) is 0 Å². The molecule has 26 heavy (non-hydrogen) atoms. The van der Waals surface area contributed by atoms with Crippen LogP contribution < -0.4 is 5.32 Å². The first kappa shape index (κ1) is 18.2. The fraction of sp³-hybridized carbons (Fsp3) is 0.895. The van der Waals surface area contributed by atoms with Crippen molar-refractivity contribution in [1.29, 1.82) is 0 Å². The Bertz CT molecular complexity index is 530. The van der Waals surface area contributed by atoms with Crippen LogP contribution in [-0.4, -0.2) is 65.1 Å². The quantitative estimate of drug-likeness (QED) is 0.730. The molecule has 2 amide bonds. The summed E-state index contributed by atoms with van der Waals surface area (Å²) in [7, 11) is 0. The van der Waals surface area contributed by atoms with Gasteiger partial charge in [0.05, 0.1) is 0 Å². The Labute approximate surface area is 154 Å². The molecule has 4 rings (SSSR count). The zero-order chi connectivity index (χ0) is 18.1. The summed E-state index contributed by atoms with van der Waals surface area (Å²) in [5.41, 5.74) is 0. The van der Waals surface area contributed by atoms with Crippen molar-refractivity contribution in [3.8, 4) is 0 Å². The van der Waals surface area contributed by atoms with Gasteiger partial charge in [-0.3, -0.25) is 9.59 Å². The summed E-state index contributed by atoms with van der Waals surface area (Å²) in [6.07, 6.45) is 8.86. The van der Waals surface area contributed by atoms with Crippen molar-refractivity contribution >= 4 is 12.3 Å². The zero-order valence-corrected chi connectivity index (χ0v) is 15.3. The highest BCUT2D eigenvalue weighted by atomic mass is 16.8. The van der Waals surface area contributed by atoms with Crippen LogP contribution in [0.4, 0.5) is 0 Å². The summed E-state index contributed by atoms with van der Waals surface area (Å²) in [4.78, 5) is 26.0. The minimum atomic E-state index is -0.828. The first-order valence-electron chi connectivity index (χ1n) is 10.2. The molecule has 2 saturated carbocycles. The van der Waals surface area contributed by atoms with Gasteiger partial charge in [-0.1, -0.05) is 25.7 Å². The molecular formula is C19H30N2O5. The molecular weight excluding hydrogens is 336 g/mol. The molecule has 0 aromatic carbocycles. The number of nitrogens with zero attached hydrogens (tertiary/aromatic N) is 1. The number of likely N-dealkylation sites (tertiary alicyclic amines) is 1. The van der Waals surface area contributed by atoms with Crippen LogP contribution in [0.15, 0.2) is 0 Å². The van der Waals surface area contributed by atoms with Gasteiger partial charge in [0.2, 0.25) is 12.3 Å². The Balaban J connectivity index is 1.52. The SMILES string of the molecule is O=CN1C[C@@H](O)[C@H]2OC3(CCCCC3)O[C@H]2[C@@H]1C(=O)NC1CCCCC1. The van der Waals surface area contributed by atoms with Crippen LogP contribution in [0.2, 0.25) is 0 Å². The normalized spacial score (nSPS) is 37.3. The molecule has 4 aliphatic rings. The van der Waals surface area contributed by atoms with Crippen molar-refractivity contribution in [3.05, 3.63) is 0 Å². The highest BCUT2D eigenvalue weighted by Crippen LogP contribution is 2.44. The summed E-state index contributed by atoms with van der Waals surface area (Å²) >= 11 is 0. The maximum atomic E-state index is 13.0. The molecule has 0 aromatic rings. The van der Waals surface area contributed by atoms with E-state index < -0.39 is 30.1 Å². The molecule has 0 unspecified atom stereocenters. The molecule has 2 N–H and O–H groups in total. The first-order chi connectivity index (χ1) is 12.6. The van der Waals surface area contributed by atoms with E-state index in [1.807, 2.05) is 0 Å². The van der Waals surface area contributed by atoms with Gasteiger partial charge in [-0.25, -0.2) is 0 Å². The van der Waals surface area contributed by atoms with Gasteiger partial charge in [0.1, 0.15) is 24.4 Å². The number of aliphatic hydroxyl groups is 1. The molecule has 146 valence electrons. The van der Waals surface area contributed by atoms with Gasteiger partial charge in [0.15, 0.2) is 5.79 Å². The third kappa shape index (κ3) is 3.37. The molecule has 2 aliphatic heterocycles. The fourth-order valence-electron chi connectivity index (χ4n) is 5.09. The van der Waals surface area contributed by atoms with Gasteiger partial charge in [-0.15, -0.1) is 0 Å². The summed E-state index contributed by atoms with van der Waals surface area (Å²) in [6, 6.07) is -0.565. The lowest BCUT2D eigenvalue weighted by molar-refractivity contribution is -0.199. The van der Waals surface area contributed by atoms with E-state index in [2.05, 4.69) is 5.32 Å². The van der Waals surface area contributed by atoms with E-state index in [-0.39, 0.29) is 18.5 Å². The molecule has 1 spiro atoms. The molecule has 0 radical (unpaired) electrons. The Morgan fingerprint density at radius 2 is 1.69 bits per heavy atom. The van der Waals surface area contributed by atoms with E-state index in [0.29, 0.717) is 6.41 Å². The third-order valence-electron chi connectivity index (χ3n) is 6.44. The van der Waals surface area contributed by atoms with Crippen LogP contribution in [-0.2, 0) is 19.1 Å². The topological polar surface area (TPSA) is 88.1 Å². The molecule has 4 atom stereocenters. The number of hydrogen-bond acceptors (Lipinski definition) is 5. The van der Waals surface area contributed by atoms with E-state index >= 15 is 0 Å². The van der Waals surface area contributed by atoms with Crippen LogP contribution in [0, 0.1) is 0 Å². The lowest BCUT2D eigenvalue weighted by Crippen LogP contribution is -2.65. The van der Waals surface area contributed by atoms with E-state index in [0.717, 1.165) is 57.8 Å². The van der Waals surface area contributed by atoms with Gasteiger partial charge in [0, 0.05) is 25.4 Å². The summed E-state index contributed by atoms with van der Waals surface area (Å²) in [5, 5.41) is 13.6. The van der Waals surface area contributed by atoms with Gasteiger partial charge in [0.25, 0.3) is 0 Å². The highest BCUT2D eigenvalue weighted by molar-refractivity contribution is 5.85. The average molecular weight is 366 g/mol. The number of hydrogen-bond donors (Lipinski definition) is 2. The predicted octanol–water partition coefficient (Wildman–Crippen LogP) is 1.08. The molecule has 7 heteroatoms. The molecule has 0 aromatic heterocycles. The second kappa shape index (κ2) is 7.44. The van der Waals surface area contributed by atoms with E-state index in [1.165, 1.54) is 11.3 Å². The number of amides is 2. The standard InChI is InChI=1S/C19H30N2O5/c22-12-21-11-14(23)16-17(26-19(25-16)9-5-2-6-10-19)15(21)18(24)20-13-7-3-1-4-8-13/h12-17,23H,1-11H2,(H,20,24)/t14-,15-,16-,17+/m1/s1. The molecule has 2 aliphatic carbocycles. The monoisotopic (exact) mass is 366 g/mol. The van der Waals surface area contributed by atoms with Crippen molar-refractivity contribution in [1.82, 2.24) is 10.2 Å². The van der Waals surface area contributed by atoms with Crippen molar-refractivity contribution < 1.29 is 24.2 Å². The maximum Gasteiger partial charge on any atom is 0.245 e. The Hall–Kier alpha value is -1.18. The lowest BCUT2D eigenvalue weighted by atomic mass is 9.92. The van der Waals surface area contributed by atoms with E-state index in [4.69, 9.17) is 9.47 Å². The van der Waals surface area contributed by atoms with Crippen LogP contribution in [0.1, 0.15) is 64.2 Å². The Morgan fingerprint density at radius 1 is 1.04 bits per heavy atom. The average Bonchev–Trinajstić information content (AvgIpc) is 3.01. The van der Waals surface area contributed by atoms with Crippen molar-refractivity contribution in [2.45, 2.75) is 100 Å². The number of fused-ring (bicyclic) bond motifs is 1. The smallest absolute Gasteiger partial charge is 0.245 e. The molecule has 2 heterocycles. The fourth-order valence-corrected chi connectivity index (χ4v) is 5.09. The van der Waals surface area contributed by atoms with Gasteiger partial charge >= 0.3 is 0 Å². The van der Waals surface area contributed by atoms with Crippen LogP contribution >= 0.6 is 0 Å². The number of nitrogens with one attached hydrogen (secondary N) is 1. The second-order valence-electron chi connectivity index (χ2n) is 8.29. The largest absolute Gasteiger partial charge is 0.388 e. The zero-order valence-electron chi connectivity index (χ0n) is 15.3. The van der Waals surface area contributed by atoms with Crippen molar-refractivity contribution in [2.24, 2.45) is 0 Å². The minimum Gasteiger partial charge on any atom is -0.388 e. The Kier molecular flexibility index (Phi) is 5.21. The van der Waals surface area contributed by atoms with Gasteiger partial charge < -0.3 is 24.8 Å². The maximum absolute atomic E-state index is 13.0. The number of rotatable bonds is 3. The summed E-state index contributed by atoms with van der Waals surface area (Å²) in [6.45, 7) is 0.104. The third-order valence-corrected chi connectivity index (χ3v) is 6.44. The van der Waals surface area contributed by atoms with Crippen molar-refractivity contribution in [3.63, 3.8) is 0 Å². The molecule has 2 saturated heterocycles. The molecule has 4 fully saturated rings. The van der Waals surface area contributed by atoms with Crippen LogP contribution in [0.25, 0.3) is 0 Å². The molecule has 0 bridgehead atoms. The van der Waals surface area contributed by atoms with Gasteiger partial charge in [-0.2, -0.15) is 0 Å². The van der Waals surface area contributed by atoms with Crippen LogP contribution in [0.5, 0.6) is 0 Å². The van der Waals surface area contributed by atoms with E-state index in [9.17, 15) is 14.7 Å². The number of carbonyl (C=O) groups is 2. The number of carbonyl (C=O) groups excluding carboxylic acids is 2. The number of piperidine rings is 1.